The van der Waals surface area contributed by atoms with Crippen LogP contribution in [0.15, 0.2) is 30.3 Å². The molecule has 0 fully saturated rings. The molecule has 3 nitrogen and oxygen atoms in total. The third-order valence-corrected chi connectivity index (χ3v) is 2.62. The van der Waals surface area contributed by atoms with Gasteiger partial charge in [-0.05, 0) is 25.1 Å². The summed E-state index contributed by atoms with van der Waals surface area (Å²) >= 11 is 0. The average Bonchev–Trinajstić information content (AvgIpc) is 2.42. The van der Waals surface area contributed by atoms with Gasteiger partial charge in [0.1, 0.15) is 12.4 Å². The molecule has 0 amide bonds. The summed E-state index contributed by atoms with van der Waals surface area (Å²) in [5, 5.41) is 3.36. The smallest absolute Gasteiger partial charge is 0.119 e. The topological polar surface area (TPSA) is 30.5 Å². The lowest BCUT2D eigenvalue weighted by Crippen LogP contribution is -2.21. The number of unbranched alkanes of at least 4 members (excludes halogenated alkanes) is 2. The van der Waals surface area contributed by atoms with Crippen molar-refractivity contribution in [2.24, 2.45) is 0 Å². The molecule has 0 saturated carbocycles. The van der Waals surface area contributed by atoms with Gasteiger partial charge in [0.15, 0.2) is 0 Å². The zero-order valence-corrected chi connectivity index (χ0v) is 11.4. The standard InChI is InChI=1S/C15H25NO2/c1-2-3-7-10-16-11-12-17-13-14-18-15-8-5-4-6-9-15/h4-6,8-9,16H,2-3,7,10-14H2,1H3. The molecule has 3 heteroatoms. The highest BCUT2D eigenvalue weighted by molar-refractivity contribution is 5.20. The van der Waals surface area contributed by atoms with Crippen LogP contribution in [-0.2, 0) is 4.74 Å². The Morgan fingerprint density at radius 3 is 2.56 bits per heavy atom. The molecule has 0 aromatic heterocycles. The fourth-order valence-corrected chi connectivity index (χ4v) is 1.61. The van der Waals surface area contributed by atoms with Crippen molar-refractivity contribution in [1.29, 1.82) is 0 Å². The molecule has 0 aliphatic carbocycles. The summed E-state index contributed by atoms with van der Waals surface area (Å²) in [5.74, 6) is 0.902. The molecule has 1 aromatic rings. The van der Waals surface area contributed by atoms with E-state index in [4.69, 9.17) is 9.47 Å². The fourth-order valence-electron chi connectivity index (χ4n) is 1.61. The van der Waals surface area contributed by atoms with Crippen LogP contribution < -0.4 is 10.1 Å². The maximum atomic E-state index is 5.52. The normalized spacial score (nSPS) is 10.5. The Hall–Kier alpha value is -1.06. The maximum Gasteiger partial charge on any atom is 0.119 e. The number of nitrogens with one attached hydrogen (secondary N) is 1. The van der Waals surface area contributed by atoms with Crippen molar-refractivity contribution in [1.82, 2.24) is 5.32 Å². The highest BCUT2D eigenvalue weighted by atomic mass is 16.5. The van der Waals surface area contributed by atoms with Crippen molar-refractivity contribution in [2.45, 2.75) is 26.2 Å². The van der Waals surface area contributed by atoms with E-state index in [2.05, 4.69) is 12.2 Å². The largest absolute Gasteiger partial charge is 0.491 e. The lowest BCUT2D eigenvalue weighted by Gasteiger charge is -2.07. The Bertz CT molecular complexity index is 277. The van der Waals surface area contributed by atoms with Crippen LogP contribution in [0, 0.1) is 0 Å². The third-order valence-electron chi connectivity index (χ3n) is 2.62. The second-order valence-corrected chi connectivity index (χ2v) is 4.23. The van der Waals surface area contributed by atoms with Crippen LogP contribution in [0.5, 0.6) is 5.75 Å². The van der Waals surface area contributed by atoms with Gasteiger partial charge >= 0.3 is 0 Å². The first-order chi connectivity index (χ1) is 8.93. The zero-order chi connectivity index (χ0) is 12.9. The van der Waals surface area contributed by atoms with Gasteiger partial charge in [0.2, 0.25) is 0 Å². The minimum Gasteiger partial charge on any atom is -0.491 e. The van der Waals surface area contributed by atoms with Crippen molar-refractivity contribution in [3.05, 3.63) is 30.3 Å². The van der Waals surface area contributed by atoms with Gasteiger partial charge in [-0.15, -0.1) is 0 Å². The number of para-hydroxylation sites is 1. The van der Waals surface area contributed by atoms with Crippen LogP contribution >= 0.6 is 0 Å². The molecule has 0 saturated heterocycles. The third kappa shape index (κ3) is 8.09. The molecule has 0 unspecified atom stereocenters. The zero-order valence-electron chi connectivity index (χ0n) is 11.4. The first-order valence-electron chi connectivity index (χ1n) is 6.90. The molecule has 0 radical (unpaired) electrons. The van der Waals surface area contributed by atoms with Crippen molar-refractivity contribution >= 4 is 0 Å². The van der Waals surface area contributed by atoms with Crippen molar-refractivity contribution in [2.75, 3.05) is 32.9 Å². The molecule has 0 heterocycles. The second-order valence-electron chi connectivity index (χ2n) is 4.23. The fraction of sp³-hybridized carbons (Fsp3) is 0.600. The SMILES string of the molecule is CCCCCNCCOCCOc1ccccc1. The predicted molar refractivity (Wildman–Crippen MR) is 75.2 cm³/mol. The van der Waals surface area contributed by atoms with Crippen LogP contribution in [0.25, 0.3) is 0 Å². The van der Waals surface area contributed by atoms with Gasteiger partial charge in [-0.25, -0.2) is 0 Å². The van der Waals surface area contributed by atoms with E-state index in [9.17, 15) is 0 Å². The molecule has 1 N–H and O–H groups in total. The molecular weight excluding hydrogens is 226 g/mol. The van der Waals surface area contributed by atoms with Gasteiger partial charge in [0.25, 0.3) is 0 Å². The van der Waals surface area contributed by atoms with E-state index in [1.165, 1.54) is 19.3 Å². The van der Waals surface area contributed by atoms with E-state index in [0.717, 1.165) is 25.4 Å². The molecule has 1 rings (SSSR count). The van der Waals surface area contributed by atoms with E-state index in [1.54, 1.807) is 0 Å². The molecule has 1 aromatic carbocycles. The molecule has 18 heavy (non-hydrogen) atoms. The molecule has 0 atom stereocenters. The van der Waals surface area contributed by atoms with Gasteiger partial charge in [0, 0.05) is 6.54 Å². The quantitative estimate of drug-likeness (QED) is 0.613. The Kier molecular flexibility index (Phi) is 9.21. The van der Waals surface area contributed by atoms with Crippen molar-refractivity contribution < 1.29 is 9.47 Å². The summed E-state index contributed by atoms with van der Waals surface area (Å²) in [4.78, 5) is 0. The van der Waals surface area contributed by atoms with Gasteiger partial charge in [-0.1, -0.05) is 38.0 Å². The second kappa shape index (κ2) is 11.1. The van der Waals surface area contributed by atoms with Gasteiger partial charge in [-0.3, -0.25) is 0 Å². The number of ether oxygens (including phenoxy) is 2. The molecule has 0 bridgehead atoms. The van der Waals surface area contributed by atoms with E-state index in [1.807, 2.05) is 30.3 Å². The van der Waals surface area contributed by atoms with Crippen LogP contribution in [0.2, 0.25) is 0 Å². The number of rotatable bonds is 11. The summed E-state index contributed by atoms with van der Waals surface area (Å²) in [7, 11) is 0. The van der Waals surface area contributed by atoms with Gasteiger partial charge in [-0.2, -0.15) is 0 Å². The van der Waals surface area contributed by atoms with E-state index >= 15 is 0 Å². The summed E-state index contributed by atoms with van der Waals surface area (Å²) in [6.07, 6.45) is 3.83. The first kappa shape index (κ1) is 15.0. The van der Waals surface area contributed by atoms with Crippen LogP contribution in [0.3, 0.4) is 0 Å². The highest BCUT2D eigenvalue weighted by Gasteiger charge is 1.92. The van der Waals surface area contributed by atoms with Crippen LogP contribution in [0.1, 0.15) is 26.2 Å². The monoisotopic (exact) mass is 251 g/mol. The molecular formula is C15H25NO2. The average molecular weight is 251 g/mol. The summed E-state index contributed by atoms with van der Waals surface area (Å²) in [6.45, 7) is 6.25. The van der Waals surface area contributed by atoms with Crippen LogP contribution in [-0.4, -0.2) is 32.9 Å². The van der Waals surface area contributed by atoms with E-state index < -0.39 is 0 Å². The summed E-state index contributed by atoms with van der Waals surface area (Å²) < 4.78 is 11.0. The van der Waals surface area contributed by atoms with E-state index in [0.29, 0.717) is 13.2 Å². The van der Waals surface area contributed by atoms with Crippen LogP contribution in [0.4, 0.5) is 0 Å². The molecule has 0 spiro atoms. The molecule has 0 aliphatic rings. The lowest BCUT2D eigenvalue weighted by atomic mass is 10.2. The van der Waals surface area contributed by atoms with Gasteiger partial charge < -0.3 is 14.8 Å². The maximum absolute atomic E-state index is 5.52. The molecule has 102 valence electrons. The minimum atomic E-state index is 0.611. The lowest BCUT2D eigenvalue weighted by molar-refractivity contribution is 0.102. The highest BCUT2D eigenvalue weighted by Crippen LogP contribution is 2.07. The van der Waals surface area contributed by atoms with Crippen molar-refractivity contribution in [3.63, 3.8) is 0 Å². The summed E-state index contributed by atoms with van der Waals surface area (Å²) in [6, 6.07) is 9.82. The number of benzene rings is 1. The Morgan fingerprint density at radius 2 is 1.78 bits per heavy atom. The molecule has 0 aliphatic heterocycles. The predicted octanol–water partition coefficient (Wildman–Crippen LogP) is 2.86. The summed E-state index contributed by atoms with van der Waals surface area (Å²) in [5.41, 5.74) is 0. The van der Waals surface area contributed by atoms with Gasteiger partial charge in [0.05, 0.1) is 13.2 Å². The Labute approximate surface area is 110 Å². The number of hydrogen-bond acceptors (Lipinski definition) is 3. The Morgan fingerprint density at radius 1 is 0.944 bits per heavy atom. The Balaban J connectivity index is 1.82. The van der Waals surface area contributed by atoms with Crippen molar-refractivity contribution in [3.8, 4) is 5.75 Å². The minimum absolute atomic E-state index is 0.611. The number of hydrogen-bond donors (Lipinski definition) is 1. The van der Waals surface area contributed by atoms with E-state index in [-0.39, 0.29) is 0 Å². The first-order valence-corrected chi connectivity index (χ1v) is 6.90.